The van der Waals surface area contributed by atoms with Crippen LogP contribution in [0.15, 0.2) is 22.7 Å². The SMILES string of the molecule is COc1ccc(Br)cc1C1(CN)CCCC1. The van der Waals surface area contributed by atoms with Gasteiger partial charge in [0.2, 0.25) is 0 Å². The predicted octanol–water partition coefficient (Wildman–Crippen LogP) is 3.23. The van der Waals surface area contributed by atoms with E-state index in [1.165, 1.54) is 31.2 Å². The van der Waals surface area contributed by atoms with Gasteiger partial charge in [-0.1, -0.05) is 28.8 Å². The fraction of sp³-hybridized carbons (Fsp3) is 0.538. The second-order valence-corrected chi connectivity index (χ2v) is 5.45. The van der Waals surface area contributed by atoms with E-state index in [-0.39, 0.29) is 5.41 Å². The number of hydrogen-bond acceptors (Lipinski definition) is 2. The van der Waals surface area contributed by atoms with Crippen LogP contribution in [0.25, 0.3) is 0 Å². The van der Waals surface area contributed by atoms with Gasteiger partial charge in [-0.05, 0) is 31.0 Å². The molecular weight excluding hydrogens is 266 g/mol. The van der Waals surface area contributed by atoms with Gasteiger partial charge in [-0.2, -0.15) is 0 Å². The van der Waals surface area contributed by atoms with Crippen molar-refractivity contribution in [1.29, 1.82) is 0 Å². The van der Waals surface area contributed by atoms with E-state index in [9.17, 15) is 0 Å². The number of ether oxygens (including phenoxy) is 1. The first-order chi connectivity index (χ1) is 7.72. The zero-order valence-electron chi connectivity index (χ0n) is 9.63. The molecule has 1 aromatic rings. The van der Waals surface area contributed by atoms with Crippen molar-refractivity contribution in [2.45, 2.75) is 31.1 Å². The van der Waals surface area contributed by atoms with Crippen LogP contribution in [-0.4, -0.2) is 13.7 Å². The van der Waals surface area contributed by atoms with E-state index >= 15 is 0 Å². The Bertz CT molecular complexity index is 372. The van der Waals surface area contributed by atoms with E-state index in [2.05, 4.69) is 22.0 Å². The van der Waals surface area contributed by atoms with Crippen LogP contribution in [0.3, 0.4) is 0 Å². The highest BCUT2D eigenvalue weighted by Gasteiger charge is 2.36. The standard InChI is InChI=1S/C13H18BrNO/c1-16-12-5-4-10(14)8-11(12)13(9-15)6-2-3-7-13/h4-5,8H,2-3,6-7,9,15H2,1H3. The molecule has 0 radical (unpaired) electrons. The van der Waals surface area contributed by atoms with Crippen molar-refractivity contribution in [3.05, 3.63) is 28.2 Å². The molecule has 1 fully saturated rings. The van der Waals surface area contributed by atoms with E-state index in [0.29, 0.717) is 6.54 Å². The number of nitrogens with two attached hydrogens (primary N) is 1. The van der Waals surface area contributed by atoms with Crippen molar-refractivity contribution in [2.24, 2.45) is 5.73 Å². The Morgan fingerprint density at radius 3 is 2.62 bits per heavy atom. The lowest BCUT2D eigenvalue weighted by atomic mass is 9.78. The molecule has 3 heteroatoms. The predicted molar refractivity (Wildman–Crippen MR) is 69.9 cm³/mol. The molecule has 0 saturated heterocycles. The first kappa shape index (κ1) is 11.9. The van der Waals surface area contributed by atoms with Crippen LogP contribution in [0.2, 0.25) is 0 Å². The Hall–Kier alpha value is -0.540. The van der Waals surface area contributed by atoms with E-state index in [1.807, 2.05) is 12.1 Å². The van der Waals surface area contributed by atoms with Crippen molar-refractivity contribution in [3.8, 4) is 5.75 Å². The van der Waals surface area contributed by atoms with E-state index in [1.54, 1.807) is 7.11 Å². The molecule has 0 amide bonds. The summed E-state index contributed by atoms with van der Waals surface area (Å²) in [6.07, 6.45) is 4.90. The van der Waals surface area contributed by atoms with Crippen LogP contribution >= 0.6 is 15.9 Å². The molecule has 0 heterocycles. The van der Waals surface area contributed by atoms with Crippen LogP contribution in [-0.2, 0) is 5.41 Å². The molecule has 2 nitrogen and oxygen atoms in total. The maximum atomic E-state index is 6.00. The van der Waals surface area contributed by atoms with Crippen LogP contribution in [0, 0.1) is 0 Å². The Morgan fingerprint density at radius 2 is 2.06 bits per heavy atom. The molecule has 1 saturated carbocycles. The molecule has 0 unspecified atom stereocenters. The fourth-order valence-corrected chi connectivity index (χ4v) is 3.09. The lowest BCUT2D eigenvalue weighted by Crippen LogP contribution is -2.32. The Labute approximate surface area is 105 Å². The molecule has 88 valence electrons. The summed E-state index contributed by atoms with van der Waals surface area (Å²) in [5, 5.41) is 0. The largest absolute Gasteiger partial charge is 0.496 e. The van der Waals surface area contributed by atoms with E-state index < -0.39 is 0 Å². The normalized spacial score (nSPS) is 18.7. The average molecular weight is 284 g/mol. The highest BCUT2D eigenvalue weighted by atomic mass is 79.9. The maximum Gasteiger partial charge on any atom is 0.122 e. The summed E-state index contributed by atoms with van der Waals surface area (Å²) >= 11 is 3.53. The number of rotatable bonds is 3. The van der Waals surface area contributed by atoms with Gasteiger partial charge in [0.1, 0.15) is 5.75 Å². The third-order valence-corrected chi connectivity index (χ3v) is 4.18. The van der Waals surface area contributed by atoms with Gasteiger partial charge in [-0.3, -0.25) is 0 Å². The second-order valence-electron chi connectivity index (χ2n) is 4.54. The van der Waals surface area contributed by atoms with Gasteiger partial charge in [0.05, 0.1) is 7.11 Å². The smallest absolute Gasteiger partial charge is 0.122 e. The summed E-state index contributed by atoms with van der Waals surface area (Å²) in [6.45, 7) is 0.708. The minimum absolute atomic E-state index is 0.134. The lowest BCUT2D eigenvalue weighted by Gasteiger charge is -2.29. The zero-order valence-corrected chi connectivity index (χ0v) is 11.2. The molecule has 16 heavy (non-hydrogen) atoms. The number of benzene rings is 1. The molecule has 1 aliphatic rings. The quantitative estimate of drug-likeness (QED) is 0.925. The van der Waals surface area contributed by atoms with Gasteiger partial charge in [0, 0.05) is 22.0 Å². The van der Waals surface area contributed by atoms with Gasteiger partial charge in [0.25, 0.3) is 0 Å². The molecule has 0 bridgehead atoms. The van der Waals surface area contributed by atoms with Gasteiger partial charge in [0.15, 0.2) is 0 Å². The number of halogens is 1. The number of methoxy groups -OCH3 is 1. The highest BCUT2D eigenvalue weighted by molar-refractivity contribution is 9.10. The monoisotopic (exact) mass is 283 g/mol. The van der Waals surface area contributed by atoms with Crippen LogP contribution in [0.1, 0.15) is 31.2 Å². The summed E-state index contributed by atoms with van der Waals surface area (Å²) in [5.74, 6) is 0.968. The Morgan fingerprint density at radius 1 is 1.38 bits per heavy atom. The number of hydrogen-bond donors (Lipinski definition) is 1. The summed E-state index contributed by atoms with van der Waals surface area (Å²) < 4.78 is 6.56. The summed E-state index contributed by atoms with van der Waals surface area (Å²) in [7, 11) is 1.73. The molecular formula is C13H18BrNO. The first-order valence-corrected chi connectivity index (χ1v) is 6.55. The zero-order chi connectivity index (χ0) is 11.6. The maximum absolute atomic E-state index is 6.00. The lowest BCUT2D eigenvalue weighted by molar-refractivity contribution is 0.377. The molecule has 1 aliphatic carbocycles. The third-order valence-electron chi connectivity index (χ3n) is 3.68. The minimum atomic E-state index is 0.134. The molecule has 0 spiro atoms. The van der Waals surface area contributed by atoms with Crippen molar-refractivity contribution in [1.82, 2.24) is 0 Å². The molecule has 1 aromatic carbocycles. The van der Waals surface area contributed by atoms with Crippen molar-refractivity contribution in [2.75, 3.05) is 13.7 Å². The van der Waals surface area contributed by atoms with Crippen LogP contribution < -0.4 is 10.5 Å². The topological polar surface area (TPSA) is 35.2 Å². The van der Waals surface area contributed by atoms with Gasteiger partial charge < -0.3 is 10.5 Å². The summed E-state index contributed by atoms with van der Waals surface area (Å²) in [4.78, 5) is 0. The van der Waals surface area contributed by atoms with Crippen LogP contribution in [0.4, 0.5) is 0 Å². The highest BCUT2D eigenvalue weighted by Crippen LogP contribution is 2.44. The van der Waals surface area contributed by atoms with Gasteiger partial charge >= 0.3 is 0 Å². The van der Waals surface area contributed by atoms with E-state index in [0.717, 1.165) is 10.2 Å². The fourth-order valence-electron chi connectivity index (χ4n) is 2.73. The summed E-state index contributed by atoms with van der Waals surface area (Å²) in [5.41, 5.74) is 7.41. The Kier molecular flexibility index (Phi) is 3.55. The van der Waals surface area contributed by atoms with Crippen molar-refractivity contribution < 1.29 is 4.74 Å². The second kappa shape index (κ2) is 4.76. The average Bonchev–Trinajstić information content (AvgIpc) is 2.78. The molecule has 0 aliphatic heterocycles. The van der Waals surface area contributed by atoms with E-state index in [4.69, 9.17) is 10.5 Å². The van der Waals surface area contributed by atoms with Gasteiger partial charge in [-0.25, -0.2) is 0 Å². The minimum Gasteiger partial charge on any atom is -0.496 e. The summed E-state index contributed by atoms with van der Waals surface area (Å²) in [6, 6.07) is 6.20. The third kappa shape index (κ3) is 1.98. The first-order valence-electron chi connectivity index (χ1n) is 5.76. The molecule has 2 rings (SSSR count). The van der Waals surface area contributed by atoms with Crippen LogP contribution in [0.5, 0.6) is 5.75 Å². The van der Waals surface area contributed by atoms with Crippen molar-refractivity contribution in [3.63, 3.8) is 0 Å². The molecule has 0 atom stereocenters. The molecule has 2 N–H and O–H groups in total. The Balaban J connectivity index is 2.47. The van der Waals surface area contributed by atoms with Crippen molar-refractivity contribution >= 4 is 15.9 Å². The van der Waals surface area contributed by atoms with Gasteiger partial charge in [-0.15, -0.1) is 0 Å². The molecule has 0 aromatic heterocycles.